The zero-order chi connectivity index (χ0) is 18.4. The largest absolute Gasteiger partial charge is 0.343 e. The minimum absolute atomic E-state index is 0.167. The van der Waals surface area contributed by atoms with Gasteiger partial charge in [0.25, 0.3) is 11.8 Å². The van der Waals surface area contributed by atoms with E-state index < -0.39 is 5.91 Å². The van der Waals surface area contributed by atoms with Crippen LogP contribution in [0, 0.1) is 0 Å². The Morgan fingerprint density at radius 2 is 1.69 bits per heavy atom. The van der Waals surface area contributed by atoms with E-state index in [-0.39, 0.29) is 12.5 Å². The Hall–Kier alpha value is -3.18. The molecule has 0 fully saturated rings. The van der Waals surface area contributed by atoms with E-state index in [4.69, 9.17) is 11.6 Å². The predicted molar refractivity (Wildman–Crippen MR) is 103 cm³/mol. The fourth-order valence-corrected chi connectivity index (χ4v) is 2.57. The van der Waals surface area contributed by atoms with Crippen LogP contribution in [0.5, 0.6) is 0 Å². The van der Waals surface area contributed by atoms with Gasteiger partial charge in [0.2, 0.25) is 0 Å². The molecule has 0 aromatic heterocycles. The van der Waals surface area contributed by atoms with Crippen molar-refractivity contribution >= 4 is 40.4 Å². The summed E-state index contributed by atoms with van der Waals surface area (Å²) in [4.78, 5) is 24.2. The van der Waals surface area contributed by atoms with Crippen molar-refractivity contribution in [3.05, 3.63) is 82.9 Å². The highest BCUT2D eigenvalue weighted by atomic mass is 35.5. The third-order valence-corrected chi connectivity index (χ3v) is 3.97. The molecule has 26 heavy (non-hydrogen) atoms. The number of nitrogens with zero attached hydrogens (tertiary/aromatic N) is 1. The van der Waals surface area contributed by atoms with Gasteiger partial charge in [-0.1, -0.05) is 60.1 Å². The van der Waals surface area contributed by atoms with E-state index in [2.05, 4.69) is 15.8 Å². The monoisotopic (exact) mass is 365 g/mol. The normalized spacial score (nSPS) is 10.8. The molecular weight excluding hydrogens is 350 g/mol. The number of fused-ring (bicyclic) bond motifs is 1. The molecule has 0 saturated carbocycles. The summed E-state index contributed by atoms with van der Waals surface area (Å²) in [7, 11) is 0. The van der Waals surface area contributed by atoms with Crippen LogP contribution in [0.15, 0.2) is 71.8 Å². The summed E-state index contributed by atoms with van der Waals surface area (Å²) in [6.07, 6.45) is 1.50. The number of hydrogen-bond acceptors (Lipinski definition) is 3. The van der Waals surface area contributed by atoms with Crippen molar-refractivity contribution in [1.82, 2.24) is 10.7 Å². The standard InChI is InChI=1S/C20H16ClN3O2/c21-16-10-8-14(9-11-16)12-23-24-19(25)13-22-20(26)18-7-3-5-15-4-1-2-6-17(15)18/h1-12H,13H2,(H,22,26)(H,24,25)/b23-12+. The van der Waals surface area contributed by atoms with Gasteiger partial charge in [0.1, 0.15) is 0 Å². The molecule has 3 aromatic carbocycles. The lowest BCUT2D eigenvalue weighted by atomic mass is 10.0. The molecule has 0 heterocycles. The molecule has 0 radical (unpaired) electrons. The number of rotatable bonds is 5. The van der Waals surface area contributed by atoms with E-state index in [1.165, 1.54) is 6.21 Å². The number of hydrazone groups is 1. The first-order valence-corrected chi connectivity index (χ1v) is 8.35. The average Bonchev–Trinajstić information content (AvgIpc) is 2.67. The van der Waals surface area contributed by atoms with Crippen LogP contribution in [-0.2, 0) is 4.79 Å². The van der Waals surface area contributed by atoms with Gasteiger partial charge in [-0.15, -0.1) is 0 Å². The summed E-state index contributed by atoms with van der Waals surface area (Å²) >= 11 is 5.80. The summed E-state index contributed by atoms with van der Waals surface area (Å²) in [6, 6.07) is 20.1. The van der Waals surface area contributed by atoms with E-state index in [0.29, 0.717) is 10.6 Å². The second kappa shape index (κ2) is 8.27. The van der Waals surface area contributed by atoms with Crippen molar-refractivity contribution < 1.29 is 9.59 Å². The van der Waals surface area contributed by atoms with Gasteiger partial charge in [0.15, 0.2) is 0 Å². The molecule has 5 nitrogen and oxygen atoms in total. The van der Waals surface area contributed by atoms with Crippen LogP contribution in [0.4, 0.5) is 0 Å². The lowest BCUT2D eigenvalue weighted by Crippen LogP contribution is -2.35. The Balaban J connectivity index is 1.55. The fraction of sp³-hybridized carbons (Fsp3) is 0.0500. The fourth-order valence-electron chi connectivity index (χ4n) is 2.45. The topological polar surface area (TPSA) is 70.6 Å². The van der Waals surface area contributed by atoms with Crippen molar-refractivity contribution in [2.45, 2.75) is 0 Å². The number of amides is 2. The van der Waals surface area contributed by atoms with Crippen LogP contribution in [0.25, 0.3) is 10.8 Å². The van der Waals surface area contributed by atoms with Gasteiger partial charge in [-0.2, -0.15) is 5.10 Å². The van der Waals surface area contributed by atoms with E-state index in [1.807, 2.05) is 36.4 Å². The Labute approximate surface area is 155 Å². The Bertz CT molecular complexity index is 963. The second-order valence-corrected chi connectivity index (χ2v) is 5.99. The summed E-state index contributed by atoms with van der Waals surface area (Å²) in [5, 5.41) is 8.90. The van der Waals surface area contributed by atoms with Crippen molar-refractivity contribution in [3.8, 4) is 0 Å². The third-order valence-electron chi connectivity index (χ3n) is 3.72. The zero-order valence-corrected chi connectivity index (χ0v) is 14.5. The van der Waals surface area contributed by atoms with Gasteiger partial charge >= 0.3 is 0 Å². The highest BCUT2D eigenvalue weighted by Gasteiger charge is 2.10. The van der Waals surface area contributed by atoms with Gasteiger partial charge in [0.05, 0.1) is 12.8 Å². The molecule has 0 bridgehead atoms. The summed E-state index contributed by atoms with van der Waals surface area (Å²) in [6.45, 7) is -0.167. The van der Waals surface area contributed by atoms with E-state index in [0.717, 1.165) is 16.3 Å². The van der Waals surface area contributed by atoms with Crippen molar-refractivity contribution in [2.75, 3.05) is 6.54 Å². The lowest BCUT2D eigenvalue weighted by molar-refractivity contribution is -0.120. The number of nitrogens with one attached hydrogen (secondary N) is 2. The van der Waals surface area contributed by atoms with Gasteiger partial charge in [-0.05, 0) is 34.5 Å². The molecule has 3 rings (SSSR count). The van der Waals surface area contributed by atoms with Crippen LogP contribution in [0.1, 0.15) is 15.9 Å². The zero-order valence-electron chi connectivity index (χ0n) is 13.8. The maximum Gasteiger partial charge on any atom is 0.259 e. The minimum Gasteiger partial charge on any atom is -0.343 e. The number of benzene rings is 3. The summed E-state index contributed by atoms with van der Waals surface area (Å²) in [5.74, 6) is -0.720. The SMILES string of the molecule is O=C(CNC(=O)c1cccc2ccccc12)N/N=C/c1ccc(Cl)cc1. The van der Waals surface area contributed by atoms with Crippen LogP contribution >= 0.6 is 11.6 Å². The van der Waals surface area contributed by atoms with Crippen LogP contribution in [0.2, 0.25) is 5.02 Å². The second-order valence-electron chi connectivity index (χ2n) is 5.55. The molecule has 0 spiro atoms. The number of carbonyl (C=O) groups is 2. The molecule has 2 N–H and O–H groups in total. The van der Waals surface area contributed by atoms with Crippen LogP contribution < -0.4 is 10.7 Å². The van der Waals surface area contributed by atoms with Crippen molar-refractivity contribution in [1.29, 1.82) is 0 Å². The van der Waals surface area contributed by atoms with Crippen molar-refractivity contribution in [3.63, 3.8) is 0 Å². The molecule has 0 saturated heterocycles. The smallest absolute Gasteiger partial charge is 0.259 e. The number of carbonyl (C=O) groups excluding carboxylic acids is 2. The Morgan fingerprint density at radius 1 is 0.962 bits per heavy atom. The molecule has 3 aromatic rings. The van der Waals surface area contributed by atoms with E-state index >= 15 is 0 Å². The molecule has 0 aliphatic rings. The van der Waals surface area contributed by atoms with Crippen molar-refractivity contribution in [2.24, 2.45) is 5.10 Å². The van der Waals surface area contributed by atoms with Gasteiger partial charge < -0.3 is 5.32 Å². The highest BCUT2D eigenvalue weighted by molar-refractivity contribution is 6.30. The highest BCUT2D eigenvalue weighted by Crippen LogP contribution is 2.18. The minimum atomic E-state index is -0.413. The molecular formula is C20H16ClN3O2. The van der Waals surface area contributed by atoms with E-state index in [1.54, 1.807) is 30.3 Å². The van der Waals surface area contributed by atoms with E-state index in [9.17, 15) is 9.59 Å². The first-order valence-electron chi connectivity index (χ1n) is 7.97. The molecule has 0 aliphatic carbocycles. The number of hydrogen-bond donors (Lipinski definition) is 2. The molecule has 130 valence electrons. The molecule has 0 aliphatic heterocycles. The predicted octanol–water partition coefficient (Wildman–Crippen LogP) is 3.37. The lowest BCUT2D eigenvalue weighted by Gasteiger charge is -2.07. The average molecular weight is 366 g/mol. The van der Waals surface area contributed by atoms with Gasteiger partial charge in [-0.3, -0.25) is 9.59 Å². The molecule has 0 unspecified atom stereocenters. The molecule has 6 heteroatoms. The first-order chi connectivity index (χ1) is 12.6. The Kier molecular flexibility index (Phi) is 5.61. The van der Waals surface area contributed by atoms with Crippen LogP contribution in [0.3, 0.4) is 0 Å². The summed E-state index contributed by atoms with van der Waals surface area (Å²) < 4.78 is 0. The van der Waals surface area contributed by atoms with Gasteiger partial charge in [-0.25, -0.2) is 5.43 Å². The molecule has 0 atom stereocenters. The Morgan fingerprint density at radius 3 is 2.50 bits per heavy atom. The summed E-state index contributed by atoms with van der Waals surface area (Å²) in [5.41, 5.74) is 3.70. The van der Waals surface area contributed by atoms with Gasteiger partial charge in [0, 0.05) is 10.6 Å². The molecule has 2 amide bonds. The maximum atomic E-state index is 12.3. The first kappa shape index (κ1) is 17.6. The number of halogens is 1. The maximum absolute atomic E-state index is 12.3. The third kappa shape index (κ3) is 4.46. The quantitative estimate of drug-likeness (QED) is 0.537. The van der Waals surface area contributed by atoms with Crippen LogP contribution in [-0.4, -0.2) is 24.6 Å².